The topological polar surface area (TPSA) is 65.5 Å². The van der Waals surface area contributed by atoms with Crippen molar-refractivity contribution in [1.29, 1.82) is 0 Å². The number of para-hydroxylation sites is 1. The fourth-order valence-corrected chi connectivity index (χ4v) is 4.45. The van der Waals surface area contributed by atoms with E-state index in [2.05, 4.69) is 33.4 Å². The van der Waals surface area contributed by atoms with E-state index in [9.17, 15) is 9.59 Å². The zero-order valence-electron chi connectivity index (χ0n) is 17.6. The Kier molecular flexibility index (Phi) is 6.62. The lowest BCUT2D eigenvalue weighted by atomic mass is 10.1. The number of aromatic nitrogens is 1. The molecule has 0 bridgehead atoms. The summed E-state index contributed by atoms with van der Waals surface area (Å²) in [5, 5.41) is 5.12. The van der Waals surface area contributed by atoms with Crippen molar-refractivity contribution in [3.8, 4) is 0 Å². The van der Waals surface area contributed by atoms with Crippen LogP contribution in [0.3, 0.4) is 0 Å². The summed E-state index contributed by atoms with van der Waals surface area (Å²) >= 11 is 1.33. The van der Waals surface area contributed by atoms with Crippen molar-refractivity contribution in [2.45, 2.75) is 25.8 Å². The fraction of sp³-hybridized carbons (Fsp3) is 0.292. The van der Waals surface area contributed by atoms with E-state index in [1.54, 1.807) is 17.0 Å². The van der Waals surface area contributed by atoms with Crippen LogP contribution >= 0.6 is 11.3 Å². The molecular formula is C24H26N4O2S. The first-order valence-electron chi connectivity index (χ1n) is 10.5. The van der Waals surface area contributed by atoms with Crippen molar-refractivity contribution in [1.82, 2.24) is 9.88 Å². The molecule has 6 nitrogen and oxygen atoms in total. The molecule has 2 heterocycles. The molecule has 1 fully saturated rings. The molecule has 1 saturated heterocycles. The number of rotatable bonds is 7. The zero-order valence-corrected chi connectivity index (χ0v) is 18.4. The summed E-state index contributed by atoms with van der Waals surface area (Å²) in [6.07, 6.45) is 2.65. The Labute approximate surface area is 186 Å². The Morgan fingerprint density at radius 1 is 1.06 bits per heavy atom. The Morgan fingerprint density at radius 2 is 1.77 bits per heavy atom. The maximum Gasteiger partial charge on any atom is 0.257 e. The van der Waals surface area contributed by atoms with E-state index in [1.165, 1.54) is 29.9 Å². The minimum Gasteiger partial charge on any atom is -0.371 e. The first kappa shape index (κ1) is 21.1. The summed E-state index contributed by atoms with van der Waals surface area (Å²) in [6, 6.07) is 17.3. The highest BCUT2D eigenvalue weighted by Crippen LogP contribution is 2.25. The van der Waals surface area contributed by atoms with Gasteiger partial charge in [0.1, 0.15) is 0 Å². The summed E-state index contributed by atoms with van der Waals surface area (Å²) in [7, 11) is 1.83. The number of thiazole rings is 1. The summed E-state index contributed by atoms with van der Waals surface area (Å²) in [5.74, 6) is -0.203. The van der Waals surface area contributed by atoms with Crippen molar-refractivity contribution in [3.63, 3.8) is 0 Å². The lowest BCUT2D eigenvalue weighted by Gasteiger charge is -2.24. The standard InChI is InChI=1S/C24H26N4O2S/c1-27(16-19-11-5-6-12-21(19)28-13-7-8-14-28)22(29)15-20-17-31-24(25-20)26-23(30)18-9-3-2-4-10-18/h2-6,9-12,17H,7-8,13-16H2,1H3,(H,25,26,30). The molecule has 0 saturated carbocycles. The maximum absolute atomic E-state index is 12.8. The molecule has 4 rings (SSSR count). The average Bonchev–Trinajstić information content (AvgIpc) is 3.47. The number of hydrogen-bond donors (Lipinski definition) is 1. The van der Waals surface area contributed by atoms with Gasteiger partial charge in [-0.15, -0.1) is 11.3 Å². The molecule has 0 atom stereocenters. The van der Waals surface area contributed by atoms with Gasteiger partial charge in [0.05, 0.1) is 12.1 Å². The van der Waals surface area contributed by atoms with E-state index in [0.29, 0.717) is 22.9 Å². The van der Waals surface area contributed by atoms with Gasteiger partial charge in [0, 0.05) is 43.3 Å². The van der Waals surface area contributed by atoms with Crippen LogP contribution in [0.4, 0.5) is 10.8 Å². The molecule has 7 heteroatoms. The van der Waals surface area contributed by atoms with Gasteiger partial charge in [0.15, 0.2) is 5.13 Å². The number of carbonyl (C=O) groups excluding carboxylic acids is 2. The van der Waals surface area contributed by atoms with Crippen LogP contribution < -0.4 is 10.2 Å². The van der Waals surface area contributed by atoms with E-state index in [1.807, 2.05) is 36.7 Å². The second-order valence-corrected chi connectivity index (χ2v) is 8.57. The highest BCUT2D eigenvalue weighted by Gasteiger charge is 2.18. The lowest BCUT2D eigenvalue weighted by Crippen LogP contribution is -2.29. The van der Waals surface area contributed by atoms with Crippen LogP contribution in [0.25, 0.3) is 0 Å². The van der Waals surface area contributed by atoms with Crippen molar-refractivity contribution in [3.05, 3.63) is 76.8 Å². The molecule has 3 aromatic rings. The zero-order chi connectivity index (χ0) is 21.6. The molecule has 0 aliphatic carbocycles. The molecular weight excluding hydrogens is 408 g/mol. The van der Waals surface area contributed by atoms with Crippen molar-refractivity contribution >= 4 is 34.0 Å². The highest BCUT2D eigenvalue weighted by molar-refractivity contribution is 7.14. The summed E-state index contributed by atoms with van der Waals surface area (Å²) in [5.41, 5.74) is 3.62. The Hall–Kier alpha value is -3.19. The number of nitrogens with zero attached hydrogens (tertiary/aromatic N) is 3. The third-order valence-electron chi connectivity index (χ3n) is 5.41. The minimum absolute atomic E-state index is 0.00228. The normalized spacial score (nSPS) is 13.3. The van der Waals surface area contributed by atoms with E-state index < -0.39 is 0 Å². The third-order valence-corrected chi connectivity index (χ3v) is 6.22. The van der Waals surface area contributed by atoms with Crippen LogP contribution in [0.1, 0.15) is 34.5 Å². The predicted octanol–water partition coefficient (Wildman–Crippen LogP) is 4.20. The van der Waals surface area contributed by atoms with E-state index in [4.69, 9.17) is 0 Å². The molecule has 1 aliphatic heterocycles. The number of nitrogens with one attached hydrogen (secondary N) is 1. The molecule has 0 radical (unpaired) electrons. The number of hydrogen-bond acceptors (Lipinski definition) is 5. The quantitative estimate of drug-likeness (QED) is 0.605. The maximum atomic E-state index is 12.8. The number of benzene rings is 2. The van der Waals surface area contributed by atoms with Gasteiger partial charge in [-0.05, 0) is 36.6 Å². The monoisotopic (exact) mass is 434 g/mol. The van der Waals surface area contributed by atoms with Gasteiger partial charge < -0.3 is 9.80 Å². The van der Waals surface area contributed by atoms with Crippen LogP contribution in [0.2, 0.25) is 0 Å². The lowest BCUT2D eigenvalue weighted by molar-refractivity contribution is -0.129. The SMILES string of the molecule is CN(Cc1ccccc1N1CCCC1)C(=O)Cc1csc(NC(=O)c2ccccc2)n1. The van der Waals surface area contributed by atoms with E-state index >= 15 is 0 Å². The van der Waals surface area contributed by atoms with Crippen molar-refractivity contribution < 1.29 is 9.59 Å². The Balaban J connectivity index is 1.35. The molecule has 2 aromatic carbocycles. The van der Waals surface area contributed by atoms with Gasteiger partial charge in [0.25, 0.3) is 5.91 Å². The smallest absolute Gasteiger partial charge is 0.257 e. The minimum atomic E-state index is -0.205. The van der Waals surface area contributed by atoms with Crippen LogP contribution in [0, 0.1) is 0 Å². The van der Waals surface area contributed by atoms with Crippen molar-refractivity contribution in [2.24, 2.45) is 0 Å². The third kappa shape index (κ3) is 5.30. The average molecular weight is 435 g/mol. The fourth-order valence-electron chi connectivity index (χ4n) is 3.75. The van der Waals surface area contributed by atoms with Gasteiger partial charge in [-0.25, -0.2) is 4.98 Å². The molecule has 2 amide bonds. The highest BCUT2D eigenvalue weighted by atomic mass is 32.1. The van der Waals surface area contributed by atoms with Crippen LogP contribution in [0.5, 0.6) is 0 Å². The molecule has 160 valence electrons. The molecule has 0 unspecified atom stereocenters. The number of carbonyl (C=O) groups is 2. The Morgan fingerprint density at radius 3 is 2.55 bits per heavy atom. The number of anilines is 2. The summed E-state index contributed by atoms with van der Waals surface area (Å²) in [4.78, 5) is 33.6. The van der Waals surface area contributed by atoms with Gasteiger partial charge in [-0.2, -0.15) is 0 Å². The summed E-state index contributed by atoms with van der Waals surface area (Å²) in [6.45, 7) is 2.71. The van der Waals surface area contributed by atoms with Gasteiger partial charge in [-0.1, -0.05) is 36.4 Å². The first-order valence-corrected chi connectivity index (χ1v) is 11.4. The summed E-state index contributed by atoms with van der Waals surface area (Å²) < 4.78 is 0. The first-order chi connectivity index (χ1) is 15.1. The second-order valence-electron chi connectivity index (χ2n) is 7.71. The van der Waals surface area contributed by atoms with Gasteiger partial charge >= 0.3 is 0 Å². The van der Waals surface area contributed by atoms with Gasteiger partial charge in [-0.3, -0.25) is 14.9 Å². The van der Waals surface area contributed by atoms with Crippen LogP contribution in [-0.4, -0.2) is 41.8 Å². The van der Waals surface area contributed by atoms with E-state index in [-0.39, 0.29) is 18.2 Å². The molecule has 1 N–H and O–H groups in total. The molecule has 0 spiro atoms. The van der Waals surface area contributed by atoms with Gasteiger partial charge in [0.2, 0.25) is 5.91 Å². The molecule has 1 aliphatic rings. The Bertz CT molecular complexity index is 1040. The van der Waals surface area contributed by atoms with Crippen LogP contribution in [0.15, 0.2) is 60.0 Å². The largest absolute Gasteiger partial charge is 0.371 e. The molecule has 31 heavy (non-hydrogen) atoms. The predicted molar refractivity (Wildman–Crippen MR) is 125 cm³/mol. The van der Waals surface area contributed by atoms with E-state index in [0.717, 1.165) is 18.7 Å². The number of likely N-dealkylation sites (N-methyl/N-ethyl adjacent to an activating group) is 1. The second kappa shape index (κ2) is 9.75. The van der Waals surface area contributed by atoms with Crippen LogP contribution in [-0.2, 0) is 17.8 Å². The molecule has 1 aromatic heterocycles. The number of amides is 2. The van der Waals surface area contributed by atoms with Crippen molar-refractivity contribution in [2.75, 3.05) is 30.4 Å².